The Bertz CT molecular complexity index is 370. The van der Waals surface area contributed by atoms with Crippen LogP contribution in [0.25, 0.3) is 0 Å². The number of amides is 2. The normalized spacial score (nSPS) is 10.8. The van der Waals surface area contributed by atoms with Crippen LogP contribution in [0, 0.1) is 12.3 Å². The maximum absolute atomic E-state index is 11.2. The molecule has 0 rings (SSSR count). The van der Waals surface area contributed by atoms with Crippen molar-refractivity contribution in [3.8, 4) is 12.3 Å². The van der Waals surface area contributed by atoms with Crippen LogP contribution in [-0.2, 0) is 19.1 Å². The molecule has 0 aliphatic heterocycles. The van der Waals surface area contributed by atoms with Gasteiger partial charge in [0, 0.05) is 6.92 Å². The Hall–Kier alpha value is -0.880. The fourth-order valence-electron chi connectivity index (χ4n) is 1.04. The van der Waals surface area contributed by atoms with Crippen molar-refractivity contribution in [1.29, 1.82) is 0 Å². The molecule has 0 aliphatic carbocycles. The molecular formula is C13H22N2O4S2. The summed E-state index contributed by atoms with van der Waals surface area (Å²) in [6.07, 6.45) is 5.01. The van der Waals surface area contributed by atoms with Crippen LogP contribution in [-0.4, -0.2) is 49.0 Å². The topological polar surface area (TPSA) is 76.7 Å². The van der Waals surface area contributed by atoms with Crippen molar-refractivity contribution in [3.63, 3.8) is 0 Å². The third kappa shape index (κ3) is 13.8. The summed E-state index contributed by atoms with van der Waals surface area (Å²) in [7, 11) is 3.02. The van der Waals surface area contributed by atoms with Crippen LogP contribution >= 0.6 is 21.6 Å². The minimum Gasteiger partial charge on any atom is -0.369 e. The number of nitrogens with one attached hydrogen (secondary N) is 2. The third-order valence-electron chi connectivity index (χ3n) is 1.94. The molecule has 0 heterocycles. The van der Waals surface area contributed by atoms with E-state index in [1.807, 2.05) is 13.8 Å². The number of terminal acetylenes is 1. The lowest BCUT2D eigenvalue weighted by Crippen LogP contribution is -2.29. The first-order valence-corrected chi connectivity index (χ1v) is 8.66. The standard InChI is InChI=1S/C13H22N2O4S2/c1-5-6-14-12(17)9-18-7-8-19-13(3,4)21-20-10-15-11(2)16/h1H,6-10H2,2-4H3,(H,14,17)(H,15,16). The Kier molecular flexibility index (Phi) is 11.3. The fraction of sp³-hybridized carbons (Fsp3) is 0.692. The van der Waals surface area contributed by atoms with Gasteiger partial charge < -0.3 is 20.1 Å². The van der Waals surface area contributed by atoms with Gasteiger partial charge in [-0.25, -0.2) is 0 Å². The molecule has 0 saturated carbocycles. The van der Waals surface area contributed by atoms with Gasteiger partial charge in [0.1, 0.15) is 11.5 Å². The zero-order valence-electron chi connectivity index (χ0n) is 12.6. The molecule has 0 saturated heterocycles. The van der Waals surface area contributed by atoms with Gasteiger partial charge in [-0.3, -0.25) is 9.59 Å². The summed E-state index contributed by atoms with van der Waals surface area (Å²) in [6, 6.07) is 0. The summed E-state index contributed by atoms with van der Waals surface area (Å²) in [6.45, 7) is 6.21. The van der Waals surface area contributed by atoms with Gasteiger partial charge in [-0.2, -0.15) is 0 Å². The minimum atomic E-state index is -0.405. The molecule has 0 spiro atoms. The first-order valence-electron chi connectivity index (χ1n) is 6.34. The van der Waals surface area contributed by atoms with Gasteiger partial charge >= 0.3 is 0 Å². The van der Waals surface area contributed by atoms with Crippen molar-refractivity contribution in [2.45, 2.75) is 25.7 Å². The van der Waals surface area contributed by atoms with E-state index in [1.165, 1.54) is 28.5 Å². The van der Waals surface area contributed by atoms with E-state index < -0.39 is 4.93 Å². The third-order valence-corrected chi connectivity index (χ3v) is 4.75. The van der Waals surface area contributed by atoms with Gasteiger partial charge in [0.2, 0.25) is 11.8 Å². The Morgan fingerprint density at radius 3 is 2.62 bits per heavy atom. The SMILES string of the molecule is C#CCNC(=O)COCCOC(C)(C)SSCNC(C)=O. The smallest absolute Gasteiger partial charge is 0.246 e. The molecule has 2 N–H and O–H groups in total. The van der Waals surface area contributed by atoms with Gasteiger partial charge in [-0.15, -0.1) is 6.42 Å². The highest BCUT2D eigenvalue weighted by atomic mass is 33.1. The number of hydrogen-bond acceptors (Lipinski definition) is 6. The zero-order chi connectivity index (χ0) is 16.1. The van der Waals surface area contributed by atoms with E-state index in [0.29, 0.717) is 19.1 Å². The van der Waals surface area contributed by atoms with E-state index in [2.05, 4.69) is 16.6 Å². The van der Waals surface area contributed by atoms with E-state index in [4.69, 9.17) is 15.9 Å². The van der Waals surface area contributed by atoms with Crippen molar-refractivity contribution in [3.05, 3.63) is 0 Å². The molecule has 0 radical (unpaired) electrons. The number of ether oxygens (including phenoxy) is 2. The second kappa shape index (κ2) is 11.7. The molecule has 0 aliphatic rings. The maximum Gasteiger partial charge on any atom is 0.246 e. The van der Waals surface area contributed by atoms with Crippen LogP contribution in [0.4, 0.5) is 0 Å². The lowest BCUT2D eigenvalue weighted by atomic mass is 10.5. The second-order valence-corrected chi connectivity index (χ2v) is 7.24. The van der Waals surface area contributed by atoms with Gasteiger partial charge in [0.15, 0.2) is 0 Å². The molecule has 2 amide bonds. The summed E-state index contributed by atoms with van der Waals surface area (Å²) >= 11 is 0. The van der Waals surface area contributed by atoms with E-state index in [1.54, 1.807) is 0 Å². The number of rotatable bonds is 11. The molecule has 0 aromatic carbocycles. The van der Waals surface area contributed by atoms with Crippen LogP contribution in [0.3, 0.4) is 0 Å². The maximum atomic E-state index is 11.2. The zero-order valence-corrected chi connectivity index (χ0v) is 14.2. The van der Waals surface area contributed by atoms with Gasteiger partial charge in [-0.05, 0) is 13.8 Å². The van der Waals surface area contributed by atoms with Crippen LogP contribution in [0.1, 0.15) is 20.8 Å². The van der Waals surface area contributed by atoms with Crippen molar-refractivity contribution in [2.24, 2.45) is 0 Å². The Labute approximate surface area is 133 Å². The molecule has 21 heavy (non-hydrogen) atoms. The summed E-state index contributed by atoms with van der Waals surface area (Å²) in [5.74, 6) is 2.53. The summed E-state index contributed by atoms with van der Waals surface area (Å²) in [5.41, 5.74) is 0. The van der Waals surface area contributed by atoms with Crippen molar-refractivity contribution < 1.29 is 19.1 Å². The van der Waals surface area contributed by atoms with E-state index >= 15 is 0 Å². The Balaban J connectivity index is 3.58. The second-order valence-electron chi connectivity index (χ2n) is 4.36. The molecule has 0 aromatic rings. The molecular weight excluding hydrogens is 312 g/mol. The summed E-state index contributed by atoms with van der Waals surface area (Å²) in [4.78, 5) is 21.5. The van der Waals surface area contributed by atoms with Gasteiger partial charge in [0.05, 0.1) is 25.6 Å². The summed E-state index contributed by atoms with van der Waals surface area (Å²) in [5, 5.41) is 5.19. The predicted octanol–water partition coefficient (Wildman–Crippen LogP) is 0.980. The molecule has 8 heteroatoms. The highest BCUT2D eigenvalue weighted by Gasteiger charge is 2.19. The van der Waals surface area contributed by atoms with Crippen LogP contribution < -0.4 is 10.6 Å². The molecule has 0 aromatic heterocycles. The van der Waals surface area contributed by atoms with E-state index in [-0.39, 0.29) is 25.0 Å². The number of carbonyl (C=O) groups is 2. The Morgan fingerprint density at radius 1 is 1.29 bits per heavy atom. The predicted molar refractivity (Wildman–Crippen MR) is 86.6 cm³/mol. The quantitative estimate of drug-likeness (QED) is 0.254. The first kappa shape index (κ1) is 20.1. The van der Waals surface area contributed by atoms with Crippen LogP contribution in [0.15, 0.2) is 0 Å². The van der Waals surface area contributed by atoms with E-state index in [0.717, 1.165) is 0 Å². The van der Waals surface area contributed by atoms with Crippen molar-refractivity contribution >= 4 is 33.4 Å². The molecule has 0 atom stereocenters. The lowest BCUT2D eigenvalue weighted by molar-refractivity contribution is -0.126. The molecule has 0 unspecified atom stereocenters. The first-order chi connectivity index (χ1) is 9.87. The monoisotopic (exact) mass is 334 g/mol. The van der Waals surface area contributed by atoms with Crippen molar-refractivity contribution in [2.75, 3.05) is 32.2 Å². The van der Waals surface area contributed by atoms with Gasteiger partial charge in [0.25, 0.3) is 0 Å². The van der Waals surface area contributed by atoms with Crippen LogP contribution in [0.5, 0.6) is 0 Å². The average molecular weight is 334 g/mol. The molecule has 0 fully saturated rings. The molecule has 6 nitrogen and oxygen atoms in total. The molecule has 0 bridgehead atoms. The lowest BCUT2D eigenvalue weighted by Gasteiger charge is -2.23. The average Bonchev–Trinajstić information content (AvgIpc) is 2.40. The largest absolute Gasteiger partial charge is 0.369 e. The highest BCUT2D eigenvalue weighted by Crippen LogP contribution is 2.35. The van der Waals surface area contributed by atoms with Crippen molar-refractivity contribution in [1.82, 2.24) is 10.6 Å². The number of hydrogen-bond donors (Lipinski definition) is 2. The molecule has 120 valence electrons. The number of carbonyl (C=O) groups excluding carboxylic acids is 2. The Morgan fingerprint density at radius 2 is 2.00 bits per heavy atom. The fourth-order valence-corrected chi connectivity index (χ4v) is 3.12. The minimum absolute atomic E-state index is 0.0319. The van der Waals surface area contributed by atoms with E-state index in [9.17, 15) is 9.59 Å². The van der Waals surface area contributed by atoms with Gasteiger partial charge in [-0.1, -0.05) is 27.5 Å². The highest BCUT2D eigenvalue weighted by molar-refractivity contribution is 8.77. The van der Waals surface area contributed by atoms with Crippen LogP contribution in [0.2, 0.25) is 0 Å². The summed E-state index contributed by atoms with van der Waals surface area (Å²) < 4.78 is 10.8.